The van der Waals surface area contributed by atoms with E-state index in [9.17, 15) is 9.90 Å². The van der Waals surface area contributed by atoms with E-state index in [0.717, 1.165) is 17.7 Å². The first-order valence-electron chi connectivity index (χ1n) is 7.32. The Morgan fingerprint density at radius 1 is 1.41 bits per heavy atom. The molecule has 1 aromatic heterocycles. The Hall–Kier alpha value is -2.27. The molecule has 1 heterocycles. The smallest absolute Gasteiger partial charge is 0.223 e. The van der Waals surface area contributed by atoms with E-state index in [1.807, 2.05) is 24.3 Å². The highest BCUT2D eigenvalue weighted by Gasteiger charge is 2.45. The first-order chi connectivity index (χ1) is 10.7. The number of hydrogen-bond acceptors (Lipinski definition) is 4. The number of para-hydroxylation sites is 1. The Balaban J connectivity index is 1.54. The standard InChI is InChI=1S/C17H19NO4/c1-21-15-6-3-2-5-11(15)12-9-13(12)17(20)18-10-14(19)16-7-4-8-22-16/h2-8,12-14,19H,9-10H2,1H3,(H,18,20). The summed E-state index contributed by atoms with van der Waals surface area (Å²) in [5.74, 6) is 1.37. The van der Waals surface area contributed by atoms with Gasteiger partial charge in [0.15, 0.2) is 0 Å². The van der Waals surface area contributed by atoms with Gasteiger partial charge in [-0.1, -0.05) is 18.2 Å². The molecule has 1 fully saturated rings. The fourth-order valence-electron chi connectivity index (χ4n) is 2.71. The summed E-state index contributed by atoms with van der Waals surface area (Å²) in [5, 5.41) is 12.7. The van der Waals surface area contributed by atoms with Crippen LogP contribution < -0.4 is 10.1 Å². The van der Waals surface area contributed by atoms with E-state index in [2.05, 4.69) is 5.32 Å². The first-order valence-corrected chi connectivity index (χ1v) is 7.32. The van der Waals surface area contributed by atoms with E-state index in [0.29, 0.717) is 5.76 Å². The van der Waals surface area contributed by atoms with Gasteiger partial charge in [-0.05, 0) is 36.1 Å². The van der Waals surface area contributed by atoms with Crippen LogP contribution in [0.1, 0.15) is 29.8 Å². The zero-order chi connectivity index (χ0) is 15.5. The summed E-state index contributed by atoms with van der Waals surface area (Å²) in [4.78, 5) is 12.2. The Morgan fingerprint density at radius 3 is 2.95 bits per heavy atom. The van der Waals surface area contributed by atoms with Crippen molar-refractivity contribution >= 4 is 5.91 Å². The number of rotatable bonds is 6. The minimum absolute atomic E-state index is 0.0403. The molecule has 2 aromatic rings. The highest BCUT2D eigenvalue weighted by molar-refractivity contribution is 5.83. The number of carbonyl (C=O) groups excluding carboxylic acids is 1. The summed E-state index contributed by atoms with van der Waals surface area (Å²) in [7, 11) is 1.63. The summed E-state index contributed by atoms with van der Waals surface area (Å²) >= 11 is 0. The number of ether oxygens (including phenoxy) is 1. The lowest BCUT2D eigenvalue weighted by molar-refractivity contribution is -0.122. The fraction of sp³-hybridized carbons (Fsp3) is 0.353. The maximum atomic E-state index is 12.2. The number of hydrogen-bond donors (Lipinski definition) is 2. The largest absolute Gasteiger partial charge is 0.496 e. The highest BCUT2D eigenvalue weighted by atomic mass is 16.5. The highest BCUT2D eigenvalue weighted by Crippen LogP contribution is 2.50. The molecule has 3 atom stereocenters. The number of nitrogens with one attached hydrogen (secondary N) is 1. The molecule has 1 aliphatic rings. The fourth-order valence-corrected chi connectivity index (χ4v) is 2.71. The molecule has 116 valence electrons. The van der Waals surface area contributed by atoms with Crippen molar-refractivity contribution < 1.29 is 19.1 Å². The van der Waals surface area contributed by atoms with Gasteiger partial charge in [0, 0.05) is 5.92 Å². The number of furan rings is 1. The summed E-state index contributed by atoms with van der Waals surface area (Å²) in [5.41, 5.74) is 1.07. The van der Waals surface area contributed by atoms with E-state index in [4.69, 9.17) is 9.15 Å². The van der Waals surface area contributed by atoms with Crippen LogP contribution in [0.2, 0.25) is 0 Å². The van der Waals surface area contributed by atoms with Crippen LogP contribution in [0.3, 0.4) is 0 Å². The van der Waals surface area contributed by atoms with Crippen molar-refractivity contribution in [1.29, 1.82) is 0 Å². The molecule has 3 rings (SSSR count). The van der Waals surface area contributed by atoms with Gasteiger partial charge in [-0.25, -0.2) is 0 Å². The number of aliphatic hydroxyl groups excluding tert-OH is 1. The van der Waals surface area contributed by atoms with E-state index in [1.165, 1.54) is 6.26 Å². The lowest BCUT2D eigenvalue weighted by atomic mass is 10.1. The van der Waals surface area contributed by atoms with Gasteiger partial charge in [0.25, 0.3) is 0 Å². The van der Waals surface area contributed by atoms with Crippen LogP contribution in [0.15, 0.2) is 47.1 Å². The SMILES string of the molecule is COc1ccccc1C1CC1C(=O)NCC(O)c1ccco1. The number of methoxy groups -OCH3 is 1. The molecule has 22 heavy (non-hydrogen) atoms. The van der Waals surface area contributed by atoms with Crippen molar-refractivity contribution in [2.24, 2.45) is 5.92 Å². The molecule has 5 nitrogen and oxygen atoms in total. The Labute approximate surface area is 128 Å². The van der Waals surface area contributed by atoms with Crippen molar-refractivity contribution in [3.05, 3.63) is 54.0 Å². The Morgan fingerprint density at radius 2 is 2.23 bits per heavy atom. The molecule has 5 heteroatoms. The summed E-state index contributed by atoms with van der Waals surface area (Å²) < 4.78 is 10.4. The molecule has 1 aromatic carbocycles. The van der Waals surface area contributed by atoms with Gasteiger partial charge in [-0.3, -0.25) is 4.79 Å². The van der Waals surface area contributed by atoms with Gasteiger partial charge in [-0.15, -0.1) is 0 Å². The third kappa shape index (κ3) is 2.99. The minimum Gasteiger partial charge on any atom is -0.496 e. The molecule has 0 bridgehead atoms. The maximum Gasteiger partial charge on any atom is 0.223 e. The van der Waals surface area contributed by atoms with Crippen LogP contribution in [0, 0.1) is 5.92 Å². The average Bonchev–Trinajstić information content (AvgIpc) is 3.16. The first kappa shape index (κ1) is 14.7. The summed E-state index contributed by atoms with van der Waals surface area (Å²) in [6.45, 7) is 0.154. The van der Waals surface area contributed by atoms with Gasteiger partial charge in [-0.2, -0.15) is 0 Å². The maximum absolute atomic E-state index is 12.2. The van der Waals surface area contributed by atoms with Crippen molar-refractivity contribution in [2.75, 3.05) is 13.7 Å². The predicted molar refractivity (Wildman–Crippen MR) is 80.5 cm³/mol. The molecule has 2 N–H and O–H groups in total. The number of carbonyl (C=O) groups is 1. The molecule has 3 unspecified atom stereocenters. The summed E-state index contributed by atoms with van der Waals surface area (Å²) in [6, 6.07) is 11.2. The van der Waals surface area contributed by atoms with Crippen molar-refractivity contribution in [3.8, 4) is 5.75 Å². The second kappa shape index (κ2) is 6.23. The zero-order valence-electron chi connectivity index (χ0n) is 12.4. The molecule has 0 spiro atoms. The van der Waals surface area contributed by atoms with Crippen LogP contribution in [-0.4, -0.2) is 24.7 Å². The van der Waals surface area contributed by atoms with Gasteiger partial charge >= 0.3 is 0 Å². The van der Waals surface area contributed by atoms with E-state index < -0.39 is 6.10 Å². The zero-order valence-corrected chi connectivity index (χ0v) is 12.4. The monoisotopic (exact) mass is 301 g/mol. The Bertz CT molecular complexity index is 638. The van der Waals surface area contributed by atoms with Gasteiger partial charge in [0.1, 0.15) is 17.6 Å². The predicted octanol–water partition coefficient (Wildman–Crippen LogP) is 2.24. The van der Waals surface area contributed by atoms with Gasteiger partial charge in [0.2, 0.25) is 5.91 Å². The second-order valence-electron chi connectivity index (χ2n) is 5.47. The summed E-state index contributed by atoms with van der Waals surface area (Å²) in [6.07, 6.45) is 1.49. The van der Waals surface area contributed by atoms with Crippen molar-refractivity contribution in [1.82, 2.24) is 5.32 Å². The third-order valence-electron chi connectivity index (χ3n) is 4.01. The van der Waals surface area contributed by atoms with Crippen LogP contribution in [0.5, 0.6) is 5.75 Å². The second-order valence-corrected chi connectivity index (χ2v) is 5.47. The van der Waals surface area contributed by atoms with Crippen LogP contribution >= 0.6 is 0 Å². The molecule has 1 amide bonds. The lowest BCUT2D eigenvalue weighted by Gasteiger charge is -2.10. The topological polar surface area (TPSA) is 71.7 Å². The normalized spacial score (nSPS) is 21.2. The minimum atomic E-state index is -0.817. The van der Waals surface area contributed by atoms with Gasteiger partial charge < -0.3 is 19.6 Å². The number of benzene rings is 1. The molecule has 1 saturated carbocycles. The molecular weight excluding hydrogens is 282 g/mol. The molecule has 0 saturated heterocycles. The van der Waals surface area contributed by atoms with Crippen molar-refractivity contribution in [3.63, 3.8) is 0 Å². The average molecular weight is 301 g/mol. The molecule has 1 aliphatic carbocycles. The van der Waals surface area contributed by atoms with Crippen LogP contribution in [0.4, 0.5) is 0 Å². The van der Waals surface area contributed by atoms with Crippen molar-refractivity contribution in [2.45, 2.75) is 18.4 Å². The van der Waals surface area contributed by atoms with E-state index >= 15 is 0 Å². The van der Waals surface area contributed by atoms with Crippen LogP contribution in [-0.2, 0) is 4.79 Å². The lowest BCUT2D eigenvalue weighted by Crippen LogP contribution is -2.29. The van der Waals surface area contributed by atoms with E-state index in [-0.39, 0.29) is 24.3 Å². The van der Waals surface area contributed by atoms with E-state index in [1.54, 1.807) is 19.2 Å². The molecular formula is C17H19NO4. The number of aliphatic hydroxyl groups is 1. The quantitative estimate of drug-likeness (QED) is 0.858. The van der Waals surface area contributed by atoms with Gasteiger partial charge in [0.05, 0.1) is 19.9 Å². The molecule has 0 radical (unpaired) electrons. The number of amides is 1. The Kier molecular flexibility index (Phi) is 4.15. The van der Waals surface area contributed by atoms with Crippen LogP contribution in [0.25, 0.3) is 0 Å². The molecule has 0 aliphatic heterocycles. The third-order valence-corrected chi connectivity index (χ3v) is 4.01.